The first-order valence-electron chi connectivity index (χ1n) is 22.2. The van der Waals surface area contributed by atoms with Gasteiger partial charge in [-0.15, -0.1) is 0 Å². The third kappa shape index (κ3) is 11.1. The molecule has 8 rings (SSSR count). The van der Waals surface area contributed by atoms with Gasteiger partial charge in [0.2, 0.25) is 12.1 Å². The van der Waals surface area contributed by atoms with E-state index in [9.17, 15) is 19.5 Å². The summed E-state index contributed by atoms with van der Waals surface area (Å²) in [5, 5.41) is 15.3. The maximum atomic E-state index is 13.3. The molecule has 0 bridgehead atoms. The molecule has 69 heavy (non-hydrogen) atoms. The van der Waals surface area contributed by atoms with Crippen molar-refractivity contribution >= 4 is 53.7 Å². The number of hydrogen-bond acceptors (Lipinski definition) is 18. The standard InChI is InChI=1S/C47H54N7O12PS2/c1-27(2)22-48-45-50-42-41(44(57)51-45)49-26-54(42)40-21-36(66-67(68,69)62-25-38-35(63-29(4)55)20-39(65-38)53-23-28(3)43(56)52-46(53)58)37(64-40)24-61-47(30-10-8-7-9-11-30,31-12-16-33(59-5)17-13-31)32-14-18-34(60-6)19-15-32/h7-19,23,26-27,35-40H,20-22,24-25H2,1-6H3,(H,68,69)(H,52,56,58)(H2,48,50,51,57)/p-1/t35-,36-,37+,38+,39+,40+/m0/s1. The first kappa shape index (κ1) is 49.9. The number of imidazole rings is 1. The van der Waals surface area contributed by atoms with Crippen molar-refractivity contribution < 1.29 is 47.4 Å². The second-order valence-corrected chi connectivity index (χ2v) is 22.3. The average Bonchev–Trinajstić information content (AvgIpc) is 4.06. The van der Waals surface area contributed by atoms with Crippen molar-refractivity contribution in [1.29, 1.82) is 0 Å². The molecule has 6 aromatic rings. The van der Waals surface area contributed by atoms with Gasteiger partial charge in [-0.25, -0.2) is 23.8 Å². The third-order valence-corrected chi connectivity index (χ3v) is 14.0. The van der Waals surface area contributed by atoms with Crippen LogP contribution < -0.4 is 31.1 Å². The van der Waals surface area contributed by atoms with Crippen molar-refractivity contribution in [1.82, 2.24) is 29.1 Å². The Bertz CT molecular complexity index is 2800. The van der Waals surface area contributed by atoms with Gasteiger partial charge in [0.05, 0.1) is 27.2 Å². The fourth-order valence-electron chi connectivity index (χ4n) is 8.42. The lowest BCUT2D eigenvalue weighted by atomic mass is 9.80. The molecule has 1 unspecified atom stereocenters. The average molecular weight is 1000 g/mol. The number of benzene rings is 3. The summed E-state index contributed by atoms with van der Waals surface area (Å²) in [6.07, 6.45) is -5.63. The fourth-order valence-corrected chi connectivity index (χ4v) is 10.5. The first-order valence-corrected chi connectivity index (χ1v) is 26.0. The van der Waals surface area contributed by atoms with Crippen LogP contribution in [0.3, 0.4) is 0 Å². The highest BCUT2D eigenvalue weighted by atomic mass is 33.1. The molecule has 2 aliphatic heterocycles. The van der Waals surface area contributed by atoms with Crippen molar-refractivity contribution in [2.45, 2.75) is 83.0 Å². The summed E-state index contributed by atoms with van der Waals surface area (Å²) < 4.78 is 52.8. The molecule has 7 atom stereocenters. The third-order valence-electron chi connectivity index (χ3n) is 11.8. The molecule has 0 aliphatic carbocycles. The Morgan fingerprint density at radius 2 is 1.51 bits per heavy atom. The lowest BCUT2D eigenvalue weighted by molar-refractivity contribution is -0.276. The zero-order chi connectivity index (χ0) is 49.0. The summed E-state index contributed by atoms with van der Waals surface area (Å²) in [6.45, 7) is 7.11. The van der Waals surface area contributed by atoms with Crippen molar-refractivity contribution in [3.63, 3.8) is 0 Å². The monoisotopic (exact) mass is 1000 g/mol. The number of carbonyl (C=O) groups excluding carboxylic acids is 1. The SMILES string of the molecule is COc1ccc(C(OC[C@H]2O[C@@H](n3cnc4c(=O)[nH]c(NCC(C)C)nc43)C[C@@H]2O[P+]([S-])(S)OC[C@H]2O[C@@H](n3cc(C)c([O-])nc3=O)C[C@@H]2OC(C)=O)(c2ccccc2)c2ccc(OC)cc2)cc1. The Hall–Kier alpha value is -5.51. The Kier molecular flexibility index (Phi) is 15.4. The van der Waals surface area contributed by atoms with E-state index in [-0.39, 0.29) is 54.6 Å². The molecule has 2 N–H and O–H groups in total. The maximum Gasteiger partial charge on any atom is 0.349 e. The van der Waals surface area contributed by atoms with Crippen LogP contribution in [0.25, 0.3) is 11.2 Å². The van der Waals surface area contributed by atoms with Crippen LogP contribution in [-0.2, 0) is 50.6 Å². The van der Waals surface area contributed by atoms with Crippen LogP contribution in [0.1, 0.15) is 68.3 Å². The van der Waals surface area contributed by atoms with Gasteiger partial charge >= 0.3 is 11.7 Å². The number of nitrogens with one attached hydrogen (secondary N) is 2. The minimum absolute atomic E-state index is 0.0662. The van der Waals surface area contributed by atoms with Crippen LogP contribution in [0, 0.1) is 12.8 Å². The van der Waals surface area contributed by atoms with Gasteiger partial charge in [-0.3, -0.25) is 23.7 Å². The normalized spacial score (nSPS) is 21.3. The number of fused-ring (bicyclic) bond motifs is 1. The van der Waals surface area contributed by atoms with Crippen molar-refractivity contribution in [3.05, 3.63) is 134 Å². The quantitative estimate of drug-likeness (QED) is 0.0282. The predicted octanol–water partition coefficient (Wildman–Crippen LogP) is 5.92. The van der Waals surface area contributed by atoms with E-state index >= 15 is 0 Å². The van der Waals surface area contributed by atoms with Gasteiger partial charge in [0.1, 0.15) is 60.6 Å². The van der Waals surface area contributed by atoms with E-state index in [0.717, 1.165) is 16.7 Å². The maximum absolute atomic E-state index is 13.3. The van der Waals surface area contributed by atoms with Gasteiger partial charge < -0.3 is 51.1 Å². The number of methoxy groups -OCH3 is 2. The number of carbonyl (C=O) groups is 1. The molecule has 0 radical (unpaired) electrons. The number of ether oxygens (including phenoxy) is 6. The number of H-pyrrole nitrogens is 1. The van der Waals surface area contributed by atoms with E-state index in [4.69, 9.17) is 66.9 Å². The van der Waals surface area contributed by atoms with Gasteiger partial charge in [-0.2, -0.15) is 4.98 Å². The Labute approximate surface area is 408 Å². The molecule has 22 heteroatoms. The van der Waals surface area contributed by atoms with E-state index in [1.54, 1.807) is 18.8 Å². The molecule has 0 spiro atoms. The van der Waals surface area contributed by atoms with Gasteiger partial charge in [0.25, 0.3) is 5.56 Å². The number of esters is 1. The molecule has 3 aromatic heterocycles. The van der Waals surface area contributed by atoms with E-state index in [1.165, 1.54) is 30.9 Å². The second kappa shape index (κ2) is 21.2. The number of anilines is 1. The summed E-state index contributed by atoms with van der Waals surface area (Å²) in [7, 11) is 3.20. The number of aromatic amines is 1. The number of nitrogens with zero attached hydrogens (tertiary/aromatic N) is 5. The molecule has 2 saturated heterocycles. The molecule has 0 saturated carbocycles. The highest BCUT2D eigenvalue weighted by molar-refractivity contribution is 8.76. The van der Waals surface area contributed by atoms with E-state index in [2.05, 4.69) is 20.3 Å². The van der Waals surface area contributed by atoms with E-state index in [0.29, 0.717) is 18.0 Å². The molecule has 366 valence electrons. The summed E-state index contributed by atoms with van der Waals surface area (Å²) in [5.41, 5.74) is 0.551. The van der Waals surface area contributed by atoms with Crippen molar-refractivity contribution in [3.8, 4) is 17.4 Å². The highest BCUT2D eigenvalue weighted by Crippen LogP contribution is 2.66. The van der Waals surface area contributed by atoms with E-state index in [1.807, 2.05) is 92.7 Å². The van der Waals surface area contributed by atoms with Crippen molar-refractivity contribution in [2.75, 3.05) is 39.3 Å². The zero-order valence-electron chi connectivity index (χ0n) is 38.7. The molecule has 5 heterocycles. The Morgan fingerprint density at radius 3 is 2.12 bits per heavy atom. The number of rotatable bonds is 19. The minimum Gasteiger partial charge on any atom is -0.858 e. The number of thiol groups is 1. The van der Waals surface area contributed by atoms with Gasteiger partial charge in [-0.1, -0.05) is 68.4 Å². The largest absolute Gasteiger partial charge is 0.858 e. The highest BCUT2D eigenvalue weighted by Gasteiger charge is 2.47. The fraction of sp³-hybridized carbons (Fsp3) is 0.404. The number of hydrogen-bond donors (Lipinski definition) is 3. The minimum atomic E-state index is -3.53. The van der Waals surface area contributed by atoms with Crippen LogP contribution >= 0.6 is 18.4 Å². The molecular weight excluding hydrogens is 950 g/mol. The molecular formula is C47H53N7O12PS2-. The first-order chi connectivity index (χ1) is 33.1. The van der Waals surface area contributed by atoms with Crippen LogP contribution in [-0.4, -0.2) is 93.4 Å². The Morgan fingerprint density at radius 1 is 0.913 bits per heavy atom. The number of aromatic nitrogens is 6. The van der Waals surface area contributed by atoms with Crippen LogP contribution in [0.4, 0.5) is 5.95 Å². The topological polar surface area (TPSA) is 224 Å². The Balaban J connectivity index is 1.12. The van der Waals surface area contributed by atoms with Gasteiger partial charge in [-0.05, 0) is 65.2 Å². The molecule has 2 fully saturated rings. The van der Waals surface area contributed by atoms with Crippen molar-refractivity contribution in [2.24, 2.45) is 5.92 Å². The summed E-state index contributed by atoms with van der Waals surface area (Å²) in [5.74, 6) is 0.638. The van der Waals surface area contributed by atoms with Crippen LogP contribution in [0.2, 0.25) is 0 Å². The zero-order valence-corrected chi connectivity index (χ0v) is 41.3. The number of aryl methyl sites for hydroxylation is 1. The molecule has 2 aliphatic rings. The van der Waals surface area contributed by atoms with Crippen LogP contribution in [0.5, 0.6) is 17.4 Å². The van der Waals surface area contributed by atoms with E-state index < -0.39 is 71.7 Å². The molecule has 19 nitrogen and oxygen atoms in total. The summed E-state index contributed by atoms with van der Waals surface area (Å²) in [4.78, 5) is 53.7. The summed E-state index contributed by atoms with van der Waals surface area (Å²) >= 11 is 10.8. The smallest absolute Gasteiger partial charge is 0.349 e. The lowest BCUT2D eigenvalue weighted by Crippen LogP contribution is -2.38. The van der Waals surface area contributed by atoms with Gasteiger partial charge in [0.15, 0.2) is 11.2 Å². The second-order valence-electron chi connectivity index (χ2n) is 17.0. The van der Waals surface area contributed by atoms with Gasteiger partial charge in [0, 0.05) is 44.8 Å². The lowest BCUT2D eigenvalue weighted by Gasteiger charge is -2.37. The molecule has 0 amide bonds. The molecule has 3 aromatic carbocycles. The predicted molar refractivity (Wildman–Crippen MR) is 259 cm³/mol. The van der Waals surface area contributed by atoms with Crippen LogP contribution in [0.15, 0.2) is 101 Å². The summed E-state index contributed by atoms with van der Waals surface area (Å²) in [6, 6.07) is 25.0.